The number of ether oxygens (including phenoxy) is 1. The number of hydrogen-bond acceptors (Lipinski definition) is 6. The first-order valence-electron chi connectivity index (χ1n) is 7.87. The molecule has 0 amide bonds. The molecule has 0 spiro atoms. The van der Waals surface area contributed by atoms with Gasteiger partial charge in [-0.3, -0.25) is 0 Å². The fourth-order valence-electron chi connectivity index (χ4n) is 2.34. The summed E-state index contributed by atoms with van der Waals surface area (Å²) in [5.74, 6) is 0.719. The average molecular weight is 369 g/mol. The SMILES string of the molecule is COC(=O)c1ccc(Nc2cc(C)nc(Nc3cccc(Cl)c3)n2)cc1. The first-order valence-corrected chi connectivity index (χ1v) is 8.25. The molecule has 0 unspecified atom stereocenters. The zero-order chi connectivity index (χ0) is 18.5. The van der Waals surface area contributed by atoms with E-state index in [9.17, 15) is 4.79 Å². The van der Waals surface area contributed by atoms with E-state index in [1.54, 1.807) is 36.4 Å². The third kappa shape index (κ3) is 4.49. The number of benzene rings is 2. The van der Waals surface area contributed by atoms with Crippen molar-refractivity contribution in [3.8, 4) is 0 Å². The van der Waals surface area contributed by atoms with Crippen molar-refractivity contribution in [2.75, 3.05) is 17.7 Å². The van der Waals surface area contributed by atoms with Crippen molar-refractivity contribution >= 4 is 40.7 Å². The van der Waals surface area contributed by atoms with Crippen LogP contribution in [0.15, 0.2) is 54.6 Å². The van der Waals surface area contributed by atoms with E-state index in [1.807, 2.05) is 25.1 Å². The predicted molar refractivity (Wildman–Crippen MR) is 103 cm³/mol. The number of nitrogens with zero attached hydrogens (tertiary/aromatic N) is 2. The zero-order valence-electron chi connectivity index (χ0n) is 14.3. The van der Waals surface area contributed by atoms with E-state index in [0.717, 1.165) is 17.1 Å². The molecule has 0 bridgehead atoms. The minimum Gasteiger partial charge on any atom is -0.465 e. The van der Waals surface area contributed by atoms with Crippen LogP contribution in [0, 0.1) is 6.92 Å². The van der Waals surface area contributed by atoms with Crippen LogP contribution in [-0.2, 0) is 4.74 Å². The van der Waals surface area contributed by atoms with Gasteiger partial charge in [0.15, 0.2) is 0 Å². The monoisotopic (exact) mass is 368 g/mol. The number of halogens is 1. The Balaban J connectivity index is 1.78. The van der Waals surface area contributed by atoms with Gasteiger partial charge in [-0.25, -0.2) is 9.78 Å². The van der Waals surface area contributed by atoms with Crippen molar-refractivity contribution in [1.82, 2.24) is 9.97 Å². The van der Waals surface area contributed by atoms with Crippen LogP contribution in [0.5, 0.6) is 0 Å². The molecule has 0 atom stereocenters. The molecule has 0 saturated heterocycles. The van der Waals surface area contributed by atoms with E-state index < -0.39 is 0 Å². The molecule has 0 radical (unpaired) electrons. The zero-order valence-corrected chi connectivity index (χ0v) is 15.0. The van der Waals surface area contributed by atoms with Crippen molar-refractivity contribution in [3.05, 3.63) is 70.9 Å². The summed E-state index contributed by atoms with van der Waals surface area (Å²) in [6.45, 7) is 1.89. The summed E-state index contributed by atoms with van der Waals surface area (Å²) >= 11 is 6.00. The number of methoxy groups -OCH3 is 1. The van der Waals surface area contributed by atoms with Crippen molar-refractivity contribution in [1.29, 1.82) is 0 Å². The average Bonchev–Trinajstić information content (AvgIpc) is 2.61. The van der Waals surface area contributed by atoms with Crippen LogP contribution in [0.25, 0.3) is 0 Å². The molecule has 0 aliphatic rings. The van der Waals surface area contributed by atoms with Crippen LogP contribution < -0.4 is 10.6 Å². The Morgan fingerprint density at radius 3 is 2.46 bits per heavy atom. The van der Waals surface area contributed by atoms with Gasteiger partial charge < -0.3 is 15.4 Å². The minimum absolute atomic E-state index is 0.373. The van der Waals surface area contributed by atoms with Crippen LogP contribution in [0.1, 0.15) is 16.1 Å². The predicted octanol–water partition coefficient (Wildman–Crippen LogP) is 4.71. The molecular weight excluding hydrogens is 352 g/mol. The van der Waals surface area contributed by atoms with Gasteiger partial charge in [-0.05, 0) is 49.4 Å². The van der Waals surface area contributed by atoms with Gasteiger partial charge in [0.2, 0.25) is 5.95 Å². The Labute approximate surface area is 156 Å². The van der Waals surface area contributed by atoms with Crippen LogP contribution >= 0.6 is 11.6 Å². The van der Waals surface area contributed by atoms with Crippen molar-refractivity contribution in [2.24, 2.45) is 0 Å². The van der Waals surface area contributed by atoms with E-state index in [1.165, 1.54) is 7.11 Å². The second-order valence-electron chi connectivity index (χ2n) is 5.55. The number of aryl methyl sites for hydroxylation is 1. The summed E-state index contributed by atoms with van der Waals surface area (Å²) < 4.78 is 4.69. The Bertz CT molecular complexity index is 929. The van der Waals surface area contributed by atoms with E-state index >= 15 is 0 Å². The summed E-state index contributed by atoms with van der Waals surface area (Å²) in [7, 11) is 1.35. The molecule has 0 aliphatic carbocycles. The molecule has 0 aliphatic heterocycles. The number of anilines is 4. The highest BCUT2D eigenvalue weighted by Crippen LogP contribution is 2.21. The Hall–Kier alpha value is -3.12. The summed E-state index contributed by atoms with van der Waals surface area (Å²) in [5, 5.41) is 6.96. The molecule has 2 aromatic carbocycles. The lowest BCUT2D eigenvalue weighted by molar-refractivity contribution is 0.0601. The maximum absolute atomic E-state index is 11.5. The van der Waals surface area contributed by atoms with E-state index in [4.69, 9.17) is 16.3 Å². The Morgan fingerprint density at radius 2 is 1.77 bits per heavy atom. The quantitative estimate of drug-likeness (QED) is 0.635. The van der Waals surface area contributed by atoms with Gasteiger partial charge in [0.05, 0.1) is 12.7 Å². The van der Waals surface area contributed by atoms with Gasteiger partial charge in [0.1, 0.15) is 5.82 Å². The van der Waals surface area contributed by atoms with Gasteiger partial charge in [0.25, 0.3) is 0 Å². The normalized spacial score (nSPS) is 10.3. The van der Waals surface area contributed by atoms with E-state index in [-0.39, 0.29) is 5.97 Å². The third-order valence-corrected chi connectivity index (χ3v) is 3.75. The van der Waals surface area contributed by atoms with Gasteiger partial charge >= 0.3 is 5.97 Å². The summed E-state index contributed by atoms with van der Waals surface area (Å²) in [4.78, 5) is 20.3. The molecule has 26 heavy (non-hydrogen) atoms. The Kier molecular flexibility index (Phi) is 5.34. The van der Waals surface area contributed by atoms with Gasteiger partial charge in [-0.1, -0.05) is 17.7 Å². The number of nitrogens with one attached hydrogen (secondary N) is 2. The largest absolute Gasteiger partial charge is 0.465 e. The van der Waals surface area contributed by atoms with Gasteiger partial charge in [0, 0.05) is 28.2 Å². The topological polar surface area (TPSA) is 76.1 Å². The van der Waals surface area contributed by atoms with E-state index in [2.05, 4.69) is 20.6 Å². The lowest BCUT2D eigenvalue weighted by Gasteiger charge is -2.10. The molecule has 1 aromatic heterocycles. The second kappa shape index (κ2) is 7.84. The number of hydrogen-bond donors (Lipinski definition) is 2. The number of esters is 1. The molecule has 6 nitrogen and oxygen atoms in total. The van der Waals surface area contributed by atoms with E-state index in [0.29, 0.717) is 22.4 Å². The summed E-state index contributed by atoms with van der Waals surface area (Å²) in [6, 6.07) is 16.1. The smallest absolute Gasteiger partial charge is 0.337 e. The van der Waals surface area contributed by atoms with Gasteiger partial charge in [-0.2, -0.15) is 4.98 Å². The fourth-order valence-corrected chi connectivity index (χ4v) is 2.53. The number of carbonyl (C=O) groups is 1. The lowest BCUT2D eigenvalue weighted by atomic mass is 10.2. The third-order valence-electron chi connectivity index (χ3n) is 3.51. The van der Waals surface area contributed by atoms with Crippen molar-refractivity contribution in [3.63, 3.8) is 0 Å². The second-order valence-corrected chi connectivity index (χ2v) is 5.98. The first-order chi connectivity index (χ1) is 12.5. The number of rotatable bonds is 5. The Morgan fingerprint density at radius 1 is 1.00 bits per heavy atom. The summed E-state index contributed by atoms with van der Waals surface area (Å²) in [5.41, 5.74) is 2.89. The highest BCUT2D eigenvalue weighted by atomic mass is 35.5. The van der Waals surface area contributed by atoms with Crippen LogP contribution in [0.3, 0.4) is 0 Å². The molecular formula is C19H17ClN4O2. The van der Waals surface area contributed by atoms with Crippen molar-refractivity contribution < 1.29 is 9.53 Å². The number of carbonyl (C=O) groups excluding carboxylic acids is 1. The molecule has 7 heteroatoms. The van der Waals surface area contributed by atoms with Gasteiger partial charge in [-0.15, -0.1) is 0 Å². The molecule has 3 aromatic rings. The first kappa shape index (κ1) is 17.7. The lowest BCUT2D eigenvalue weighted by Crippen LogP contribution is -2.03. The molecule has 0 saturated carbocycles. The molecule has 1 heterocycles. The standard InChI is InChI=1S/C19H17ClN4O2/c1-12-10-17(22-15-8-6-13(7-9-15)18(25)26-2)24-19(21-12)23-16-5-3-4-14(20)11-16/h3-11H,1-2H3,(H2,21,22,23,24). The molecule has 3 rings (SSSR count). The maximum Gasteiger partial charge on any atom is 0.337 e. The highest BCUT2D eigenvalue weighted by Gasteiger charge is 2.07. The number of aromatic nitrogens is 2. The summed E-state index contributed by atoms with van der Waals surface area (Å²) in [6.07, 6.45) is 0. The van der Waals surface area contributed by atoms with Crippen LogP contribution in [0.2, 0.25) is 5.02 Å². The van der Waals surface area contributed by atoms with Crippen molar-refractivity contribution in [2.45, 2.75) is 6.92 Å². The molecule has 2 N–H and O–H groups in total. The van der Waals surface area contributed by atoms with Crippen LogP contribution in [-0.4, -0.2) is 23.0 Å². The maximum atomic E-state index is 11.5. The van der Waals surface area contributed by atoms with Crippen LogP contribution in [0.4, 0.5) is 23.1 Å². The fraction of sp³-hybridized carbons (Fsp3) is 0.105. The minimum atomic E-state index is -0.373. The molecule has 132 valence electrons. The highest BCUT2D eigenvalue weighted by molar-refractivity contribution is 6.30. The molecule has 0 fully saturated rings.